The summed E-state index contributed by atoms with van der Waals surface area (Å²) in [7, 11) is 0. The van der Waals surface area contributed by atoms with Gasteiger partial charge in [-0.05, 0) is 37.1 Å². The zero-order valence-electron chi connectivity index (χ0n) is 12.0. The van der Waals surface area contributed by atoms with E-state index in [1.807, 2.05) is 11.4 Å². The largest absolute Gasteiger partial charge is 0.335 e. The molecule has 3 nitrogen and oxygen atoms in total. The fourth-order valence-electron chi connectivity index (χ4n) is 2.75. The normalized spacial score (nSPS) is 18.5. The van der Waals surface area contributed by atoms with Crippen LogP contribution in [-0.2, 0) is 0 Å². The van der Waals surface area contributed by atoms with E-state index in [0.29, 0.717) is 12.6 Å². The molecule has 0 saturated carbocycles. The smallest absolute Gasteiger partial charge is 0.265 e. The Bertz CT molecular complexity index is 510. The second-order valence-electron chi connectivity index (χ2n) is 5.11. The van der Waals surface area contributed by atoms with Crippen LogP contribution in [0.4, 0.5) is 0 Å². The predicted octanol–water partition coefficient (Wildman–Crippen LogP) is 2.85. The molecule has 1 atom stereocenters. The molecule has 0 radical (unpaired) electrons. The maximum atomic E-state index is 12.8. The highest BCUT2D eigenvalue weighted by atomic mass is 32.1. The molecule has 2 heterocycles. The first kappa shape index (κ1) is 15.1. The molecule has 1 aliphatic heterocycles. The lowest BCUT2D eigenvalue weighted by molar-refractivity contribution is 0.0605. The van der Waals surface area contributed by atoms with Crippen molar-refractivity contribution < 1.29 is 4.79 Å². The third-order valence-electron chi connectivity index (χ3n) is 3.69. The SMILES string of the molecule is CCCC1CCCCN1C(=O)c1sccc1C#CCN. The molecule has 1 aliphatic rings. The van der Waals surface area contributed by atoms with Crippen molar-refractivity contribution in [1.82, 2.24) is 4.90 Å². The highest BCUT2D eigenvalue weighted by Crippen LogP contribution is 2.26. The van der Waals surface area contributed by atoms with Crippen LogP contribution in [0.25, 0.3) is 0 Å². The van der Waals surface area contributed by atoms with Crippen molar-refractivity contribution in [3.63, 3.8) is 0 Å². The number of nitrogens with two attached hydrogens (primary N) is 1. The van der Waals surface area contributed by atoms with Crippen LogP contribution in [0.5, 0.6) is 0 Å². The van der Waals surface area contributed by atoms with Crippen LogP contribution in [0, 0.1) is 11.8 Å². The molecule has 0 aromatic carbocycles. The summed E-state index contributed by atoms with van der Waals surface area (Å²) in [6.07, 6.45) is 5.70. The average molecular weight is 290 g/mol. The number of nitrogens with zero attached hydrogens (tertiary/aromatic N) is 1. The van der Waals surface area contributed by atoms with Crippen molar-refractivity contribution in [3.8, 4) is 11.8 Å². The Kier molecular flexibility index (Phi) is 5.63. The van der Waals surface area contributed by atoms with Crippen molar-refractivity contribution >= 4 is 17.2 Å². The maximum absolute atomic E-state index is 12.8. The third-order valence-corrected chi connectivity index (χ3v) is 4.60. The highest BCUT2D eigenvalue weighted by molar-refractivity contribution is 7.12. The van der Waals surface area contributed by atoms with Crippen LogP contribution in [-0.4, -0.2) is 29.9 Å². The number of hydrogen-bond acceptors (Lipinski definition) is 3. The zero-order chi connectivity index (χ0) is 14.4. The van der Waals surface area contributed by atoms with Gasteiger partial charge < -0.3 is 10.6 Å². The first-order valence-electron chi connectivity index (χ1n) is 7.35. The molecule has 1 aromatic heterocycles. The van der Waals surface area contributed by atoms with E-state index in [1.165, 1.54) is 17.8 Å². The first-order chi connectivity index (χ1) is 9.77. The lowest BCUT2D eigenvalue weighted by Gasteiger charge is -2.35. The summed E-state index contributed by atoms with van der Waals surface area (Å²) in [5.74, 6) is 6.00. The summed E-state index contributed by atoms with van der Waals surface area (Å²) < 4.78 is 0. The minimum absolute atomic E-state index is 0.152. The van der Waals surface area contributed by atoms with Crippen LogP contribution >= 0.6 is 11.3 Å². The Morgan fingerprint density at radius 1 is 1.55 bits per heavy atom. The Morgan fingerprint density at radius 2 is 2.40 bits per heavy atom. The Labute approximate surface area is 125 Å². The van der Waals surface area contributed by atoms with Gasteiger partial charge in [0.05, 0.1) is 6.54 Å². The average Bonchev–Trinajstić information content (AvgIpc) is 2.93. The number of thiophene rings is 1. The second-order valence-corrected chi connectivity index (χ2v) is 6.02. The molecule has 2 N–H and O–H groups in total. The van der Waals surface area contributed by atoms with Gasteiger partial charge in [-0.15, -0.1) is 11.3 Å². The number of amides is 1. The number of carbonyl (C=O) groups is 1. The van der Waals surface area contributed by atoms with Gasteiger partial charge in [-0.25, -0.2) is 0 Å². The molecule has 1 amide bonds. The molecule has 1 aromatic rings. The van der Waals surface area contributed by atoms with Crippen molar-refractivity contribution in [1.29, 1.82) is 0 Å². The second kappa shape index (κ2) is 7.47. The van der Waals surface area contributed by atoms with Crippen molar-refractivity contribution in [2.75, 3.05) is 13.1 Å². The highest BCUT2D eigenvalue weighted by Gasteiger charge is 2.28. The quantitative estimate of drug-likeness (QED) is 0.870. The number of likely N-dealkylation sites (tertiary alicyclic amines) is 1. The molecular formula is C16H22N2OS. The van der Waals surface area contributed by atoms with E-state index in [4.69, 9.17) is 5.73 Å². The van der Waals surface area contributed by atoms with Crippen LogP contribution in [0.3, 0.4) is 0 Å². The van der Waals surface area contributed by atoms with Gasteiger partial charge >= 0.3 is 0 Å². The van der Waals surface area contributed by atoms with Gasteiger partial charge in [0.25, 0.3) is 5.91 Å². The van der Waals surface area contributed by atoms with E-state index < -0.39 is 0 Å². The lowest BCUT2D eigenvalue weighted by atomic mass is 9.98. The van der Waals surface area contributed by atoms with Crippen LogP contribution < -0.4 is 5.73 Å². The minimum Gasteiger partial charge on any atom is -0.335 e. The molecule has 0 bridgehead atoms. The summed E-state index contributed by atoms with van der Waals surface area (Å²) >= 11 is 1.49. The Hall–Kier alpha value is -1.31. The molecule has 20 heavy (non-hydrogen) atoms. The molecule has 4 heteroatoms. The third kappa shape index (κ3) is 3.41. The minimum atomic E-state index is 0.152. The number of hydrogen-bond donors (Lipinski definition) is 1. The van der Waals surface area contributed by atoms with Gasteiger partial charge in [0.1, 0.15) is 4.88 Å². The fraction of sp³-hybridized carbons (Fsp3) is 0.562. The van der Waals surface area contributed by atoms with Gasteiger partial charge in [0, 0.05) is 18.2 Å². The molecule has 1 saturated heterocycles. The molecule has 1 fully saturated rings. The first-order valence-corrected chi connectivity index (χ1v) is 8.23. The van der Waals surface area contributed by atoms with Crippen LogP contribution in [0.2, 0.25) is 0 Å². The van der Waals surface area contributed by atoms with Gasteiger partial charge in [-0.3, -0.25) is 4.79 Å². The fourth-order valence-corrected chi connectivity index (χ4v) is 3.56. The summed E-state index contributed by atoms with van der Waals surface area (Å²) in [5.41, 5.74) is 6.24. The van der Waals surface area contributed by atoms with E-state index >= 15 is 0 Å². The molecule has 0 aliphatic carbocycles. The molecule has 108 valence electrons. The van der Waals surface area contributed by atoms with Crippen LogP contribution in [0.1, 0.15) is 54.3 Å². The van der Waals surface area contributed by atoms with Crippen molar-refractivity contribution in [2.24, 2.45) is 5.73 Å². The van der Waals surface area contributed by atoms with E-state index in [-0.39, 0.29) is 5.91 Å². The molecule has 2 rings (SSSR count). The topological polar surface area (TPSA) is 46.3 Å². The zero-order valence-corrected chi connectivity index (χ0v) is 12.8. The van der Waals surface area contributed by atoms with Gasteiger partial charge in [-0.1, -0.05) is 25.2 Å². The monoisotopic (exact) mass is 290 g/mol. The van der Waals surface area contributed by atoms with Gasteiger partial charge in [0.15, 0.2) is 0 Å². The standard InChI is InChI=1S/C16H22N2OS/c1-2-6-14-8-3-4-11-18(14)16(19)15-13(7-5-10-17)9-12-20-15/h9,12,14H,2-4,6,8,10-11,17H2,1H3. The van der Waals surface area contributed by atoms with Gasteiger partial charge in [-0.2, -0.15) is 0 Å². The van der Waals surface area contributed by atoms with Crippen molar-refractivity contribution in [3.05, 3.63) is 21.9 Å². The Balaban J connectivity index is 2.19. The molecular weight excluding hydrogens is 268 g/mol. The predicted molar refractivity (Wildman–Crippen MR) is 83.8 cm³/mol. The van der Waals surface area contributed by atoms with E-state index in [2.05, 4.69) is 23.7 Å². The number of carbonyl (C=O) groups excluding carboxylic acids is 1. The number of rotatable bonds is 3. The maximum Gasteiger partial charge on any atom is 0.265 e. The van der Waals surface area contributed by atoms with Gasteiger partial charge in [0.2, 0.25) is 0 Å². The molecule has 0 spiro atoms. The van der Waals surface area contributed by atoms with Crippen LogP contribution in [0.15, 0.2) is 11.4 Å². The summed E-state index contributed by atoms with van der Waals surface area (Å²) in [6.45, 7) is 3.39. The summed E-state index contributed by atoms with van der Waals surface area (Å²) in [5, 5.41) is 1.94. The van der Waals surface area contributed by atoms with Crippen molar-refractivity contribution in [2.45, 2.75) is 45.1 Å². The molecule has 1 unspecified atom stereocenters. The van der Waals surface area contributed by atoms with E-state index in [1.54, 1.807) is 0 Å². The summed E-state index contributed by atoms with van der Waals surface area (Å²) in [4.78, 5) is 15.6. The number of piperidine rings is 1. The Morgan fingerprint density at radius 3 is 3.15 bits per heavy atom. The van der Waals surface area contributed by atoms with E-state index in [9.17, 15) is 4.79 Å². The summed E-state index contributed by atoms with van der Waals surface area (Å²) in [6, 6.07) is 2.32. The lowest BCUT2D eigenvalue weighted by Crippen LogP contribution is -2.43. The van der Waals surface area contributed by atoms with E-state index in [0.717, 1.165) is 42.7 Å².